The summed E-state index contributed by atoms with van der Waals surface area (Å²) in [6.07, 6.45) is 6.13. The van der Waals surface area contributed by atoms with Crippen LogP contribution in [-0.2, 0) is 50.0 Å². The van der Waals surface area contributed by atoms with E-state index in [2.05, 4.69) is 91.2 Å². The number of fused-ring (bicyclic) bond motifs is 1. The summed E-state index contributed by atoms with van der Waals surface area (Å²) >= 11 is 1.55. The number of esters is 3. The second-order valence-electron chi connectivity index (χ2n) is 26.4. The van der Waals surface area contributed by atoms with Crippen LogP contribution in [0.2, 0.25) is 0 Å². The maximum Gasteiger partial charge on any atom is 0.340 e. The highest BCUT2D eigenvalue weighted by Crippen LogP contribution is 2.56. The molecule has 20 nitrogen and oxygen atoms in total. The third kappa shape index (κ3) is 18.0. The number of hydrogen-bond donors (Lipinski definition) is 0. The van der Waals surface area contributed by atoms with Crippen LogP contribution in [0.15, 0.2) is 138 Å². The molecule has 0 N–H and O–H groups in total. The summed E-state index contributed by atoms with van der Waals surface area (Å²) in [5.41, 5.74) is 2.55. The first-order valence-electron chi connectivity index (χ1n) is 30.6. The van der Waals surface area contributed by atoms with Crippen molar-refractivity contribution < 1.29 is 75.4 Å². The van der Waals surface area contributed by atoms with Crippen molar-refractivity contribution in [3.63, 3.8) is 0 Å². The second kappa shape index (κ2) is 31.5. The highest BCUT2D eigenvalue weighted by atomic mass is 32.2. The smallest absolute Gasteiger partial charge is 0.340 e. The summed E-state index contributed by atoms with van der Waals surface area (Å²) in [5, 5.41) is 11.4. The van der Waals surface area contributed by atoms with Crippen LogP contribution in [0.1, 0.15) is 82.6 Å². The number of para-hydroxylation sites is 2. The van der Waals surface area contributed by atoms with Crippen molar-refractivity contribution in [3.05, 3.63) is 170 Å². The topological polar surface area (TPSA) is 193 Å². The van der Waals surface area contributed by atoms with E-state index in [-0.39, 0.29) is 43.6 Å². The number of carbonyl (C=O) groups excluding carboxylic acids is 4. The number of amides is 1. The Morgan fingerprint density at radius 2 is 1.27 bits per heavy atom. The molecule has 5 aromatic rings. The van der Waals surface area contributed by atoms with E-state index in [1.807, 2.05) is 74.6 Å². The van der Waals surface area contributed by atoms with Gasteiger partial charge in [0.25, 0.3) is 24.7 Å². The maximum atomic E-state index is 14.2. The Bertz CT molecular complexity index is 3560. The van der Waals surface area contributed by atoms with Gasteiger partial charge in [-0.1, -0.05) is 80.2 Å². The van der Waals surface area contributed by atoms with Crippen molar-refractivity contribution in [2.75, 3.05) is 137 Å². The van der Waals surface area contributed by atoms with Crippen LogP contribution in [0.4, 0.5) is 11.4 Å². The Hall–Kier alpha value is -8.42. The van der Waals surface area contributed by atoms with E-state index in [9.17, 15) is 29.3 Å². The number of nitrogens with zero attached hydrogens (tertiary/aromatic N) is 6. The van der Waals surface area contributed by atoms with Crippen molar-refractivity contribution >= 4 is 47.0 Å². The zero-order valence-corrected chi connectivity index (χ0v) is 59.2. The summed E-state index contributed by atoms with van der Waals surface area (Å²) in [6.45, 7) is 15.2. The Morgan fingerprint density at radius 1 is 0.720 bits per heavy atom. The van der Waals surface area contributed by atoms with Gasteiger partial charge in [0.2, 0.25) is 5.60 Å². The fourth-order valence-corrected chi connectivity index (χ4v) is 13.2. The molecule has 1 amide bonds. The minimum Gasteiger partial charge on any atom is -0.497 e. The number of rotatable bonds is 22. The van der Waals surface area contributed by atoms with Gasteiger partial charge in [0.1, 0.15) is 34.7 Å². The summed E-state index contributed by atoms with van der Waals surface area (Å²) in [5.74, 6) is 0.729. The largest absolute Gasteiger partial charge is 0.497 e. The second-order valence-corrected chi connectivity index (χ2v) is 27.9. The average Bonchev–Trinajstić information content (AvgIpc) is 1.68. The highest BCUT2D eigenvalue weighted by Gasteiger charge is 2.59. The Morgan fingerprint density at radius 3 is 1.78 bits per heavy atom. The van der Waals surface area contributed by atoms with E-state index in [4.69, 9.17) is 37.9 Å². The van der Waals surface area contributed by atoms with Gasteiger partial charge in [-0.2, -0.15) is 0 Å². The number of nitro benzene ring substituents is 1. The molecular weight excluding hydrogens is 1200 g/mol. The van der Waals surface area contributed by atoms with Crippen molar-refractivity contribution in [1.29, 1.82) is 0 Å². The molecule has 2 aliphatic rings. The normalized spacial score (nSPS) is 17.6. The molecule has 0 aliphatic carbocycles. The number of ether oxygens (including phenoxy) is 8. The Labute approximate surface area is 554 Å². The first-order chi connectivity index (χ1) is 43.6. The first kappa shape index (κ1) is 75.3. The van der Waals surface area contributed by atoms with E-state index >= 15 is 0 Å². The van der Waals surface area contributed by atoms with E-state index < -0.39 is 39.1 Å². The van der Waals surface area contributed by atoms with Crippen LogP contribution in [-0.4, -0.2) is 180 Å². The number of nitro groups is 1. The van der Waals surface area contributed by atoms with Crippen molar-refractivity contribution in [3.8, 4) is 34.8 Å². The molecule has 21 heteroatoms. The summed E-state index contributed by atoms with van der Waals surface area (Å²) in [7, 11) is 26.9. The number of likely N-dealkylation sites (N-methyl/N-ethyl adjacent to an activating group) is 2. The zero-order valence-electron chi connectivity index (χ0n) is 58.4. The molecule has 3 atom stereocenters. The van der Waals surface area contributed by atoms with E-state index in [0.29, 0.717) is 11.0 Å². The molecule has 0 spiro atoms. The van der Waals surface area contributed by atoms with Crippen LogP contribution in [0, 0.1) is 21.6 Å². The summed E-state index contributed by atoms with van der Waals surface area (Å²) in [4.78, 5) is 69.2. The standard InChI is InChI=1S/C30H46N2O4.C25H33N2O4S.C17H19N2O6/c1-29(2,3)30(22-31-4,24-13-15-26(34-8)28(21-24)36-10)17-11-18-32(5,6)19-16-23-12-14-25(33-7)27(20-23)35-9;1-18(28)31-24(2)23(29)26(16-17-27(4,5)6)21-10-8-9-11-22(21)32-25(24,3)19-12-14-20(30-7)15-13-19;1-19(2)9-12(16(20)24-3)15(13(10-19)17(21)25-4)11-7-5-6-8-14(11)18(22)23/h12-15,20-21H,11,16-19H2,1-10H3;8-15H,16-17H2,1-7H3;5-10,15H,1-4H3/q+2;2*+1. The third-order valence-corrected chi connectivity index (χ3v) is 18.7. The van der Waals surface area contributed by atoms with Crippen LogP contribution >= 0.6 is 11.8 Å². The molecule has 5 aromatic carbocycles. The number of quaternary nitrogens is 3. The molecule has 7 rings (SSSR count). The predicted octanol–water partition coefficient (Wildman–Crippen LogP) is 12.0. The lowest BCUT2D eigenvalue weighted by Crippen LogP contribution is -2.59. The zero-order chi connectivity index (χ0) is 69.5. The first-order valence-corrected chi connectivity index (χ1v) is 31.5. The van der Waals surface area contributed by atoms with Crippen molar-refractivity contribution in [1.82, 2.24) is 0 Å². The van der Waals surface area contributed by atoms with Gasteiger partial charge in [-0.05, 0) is 97.3 Å². The molecule has 0 fully saturated rings. The van der Waals surface area contributed by atoms with Gasteiger partial charge in [-0.3, -0.25) is 24.2 Å². The quantitative estimate of drug-likeness (QED) is 0.0209. The number of thioether (sulfide) groups is 1. The number of anilines is 1. The van der Waals surface area contributed by atoms with Crippen molar-refractivity contribution in [2.24, 2.45) is 5.41 Å². The van der Waals surface area contributed by atoms with Gasteiger partial charge in [-0.25, -0.2) is 9.59 Å². The SMILES string of the molecule is COC(=O)C1=C[N+](C)(C)C=C(C(=O)OC)C1c1ccccc1[N+](=O)[O-].COc1ccc(C2(C)Sc3ccccc3N(CC[N+](C)(C)C)C(=O)C2(C)OC(C)=O)cc1.C[N+]#CC(CCC[N+](C)(C)CCc1ccc(OC)c(OC)c1)(c1ccc(OC)c(OC)c1)C(C)(C)C. The minimum atomic E-state index is -1.43. The van der Waals surface area contributed by atoms with Gasteiger partial charge in [0.15, 0.2) is 23.0 Å². The van der Waals surface area contributed by atoms with Gasteiger partial charge >= 0.3 is 17.9 Å². The fourth-order valence-electron chi connectivity index (χ4n) is 11.7. The Balaban J connectivity index is 0.000000257. The molecule has 0 aromatic heterocycles. The fraction of sp³-hybridized carbons (Fsp3) is 0.458. The molecule has 0 bridgehead atoms. The van der Waals surface area contributed by atoms with Crippen LogP contribution in [0.25, 0.3) is 4.85 Å². The van der Waals surface area contributed by atoms with Crippen LogP contribution in [0.3, 0.4) is 0 Å². The van der Waals surface area contributed by atoms with Crippen LogP contribution < -0.4 is 28.6 Å². The van der Waals surface area contributed by atoms with E-state index in [0.717, 1.165) is 93.8 Å². The predicted molar refractivity (Wildman–Crippen MR) is 364 cm³/mol. The molecule has 0 saturated carbocycles. The monoisotopic (exact) mass is 1300 g/mol. The molecule has 2 aliphatic heterocycles. The van der Waals surface area contributed by atoms with E-state index in [1.54, 1.807) is 91.7 Å². The lowest BCUT2D eigenvalue weighted by Gasteiger charge is -2.43. The van der Waals surface area contributed by atoms with Crippen molar-refractivity contribution in [2.45, 2.75) is 87.4 Å². The molecule has 93 heavy (non-hydrogen) atoms. The van der Waals surface area contributed by atoms with Gasteiger partial charge < -0.3 is 51.8 Å². The number of carbonyl (C=O) groups is 4. The summed E-state index contributed by atoms with van der Waals surface area (Å²) in [6, 6.07) is 37.3. The van der Waals surface area contributed by atoms with Crippen LogP contribution in [0.5, 0.6) is 28.7 Å². The Kier molecular flexibility index (Phi) is 25.5. The molecule has 502 valence electrons. The molecule has 2 heterocycles. The maximum absolute atomic E-state index is 14.2. The highest BCUT2D eigenvalue weighted by molar-refractivity contribution is 8.00. The molecule has 0 saturated heterocycles. The molecule has 3 unspecified atom stereocenters. The average molecular weight is 1300 g/mol. The van der Waals surface area contributed by atoms with Gasteiger partial charge in [0, 0.05) is 29.9 Å². The lowest BCUT2D eigenvalue weighted by atomic mass is 9.61. The summed E-state index contributed by atoms with van der Waals surface area (Å²) < 4.78 is 43.7. The number of benzene rings is 5. The minimum absolute atomic E-state index is 0.0893. The van der Waals surface area contributed by atoms with Gasteiger partial charge in [0.05, 0.1) is 147 Å². The van der Waals surface area contributed by atoms with E-state index in [1.165, 1.54) is 44.9 Å². The van der Waals surface area contributed by atoms with Gasteiger partial charge in [-0.15, -0.1) is 11.8 Å². The third-order valence-electron chi connectivity index (χ3n) is 17.1. The molecular formula is C72H98N6O14S+4. The lowest BCUT2D eigenvalue weighted by molar-refractivity contribution is -0.890. The number of hydrogen-bond acceptors (Lipinski definition) is 15. The molecule has 0 radical (unpaired) electrons. The number of methoxy groups -OCH3 is 7.